The molecule has 1 aromatic heterocycles. The van der Waals surface area contributed by atoms with Gasteiger partial charge in [0.1, 0.15) is 0 Å². The van der Waals surface area contributed by atoms with E-state index in [4.69, 9.17) is 16.0 Å². The van der Waals surface area contributed by atoms with Crippen LogP contribution in [-0.2, 0) is 17.9 Å². The number of benzene rings is 2. The van der Waals surface area contributed by atoms with E-state index >= 15 is 0 Å². The standard InChI is InChI=1S/C22H21ClN2O3/c1-14-17-7-3-8-18(23)21(17)28-20(14)22(27)24-12-15-5-2-6-16(11-15)13-25-10-4-9-19(25)26/h2-3,5-8,11H,4,9-10,12-13H2,1H3,(H,24,27). The molecule has 2 aromatic carbocycles. The summed E-state index contributed by atoms with van der Waals surface area (Å²) in [5, 5.41) is 4.24. The quantitative estimate of drug-likeness (QED) is 0.693. The van der Waals surface area contributed by atoms with Crippen molar-refractivity contribution in [1.82, 2.24) is 10.2 Å². The predicted molar refractivity (Wildman–Crippen MR) is 108 cm³/mol. The van der Waals surface area contributed by atoms with Gasteiger partial charge in [0.15, 0.2) is 11.3 Å². The van der Waals surface area contributed by atoms with Gasteiger partial charge in [-0.15, -0.1) is 0 Å². The van der Waals surface area contributed by atoms with Crippen molar-refractivity contribution in [3.05, 3.63) is 69.9 Å². The van der Waals surface area contributed by atoms with Crippen molar-refractivity contribution < 1.29 is 14.0 Å². The first-order valence-corrected chi connectivity index (χ1v) is 9.72. The maximum Gasteiger partial charge on any atom is 0.287 e. The molecule has 1 aliphatic rings. The second kappa shape index (κ2) is 7.68. The van der Waals surface area contributed by atoms with Crippen LogP contribution in [-0.4, -0.2) is 23.3 Å². The van der Waals surface area contributed by atoms with Crippen LogP contribution in [0.15, 0.2) is 46.9 Å². The van der Waals surface area contributed by atoms with E-state index < -0.39 is 0 Å². The van der Waals surface area contributed by atoms with E-state index in [-0.39, 0.29) is 17.6 Å². The first-order valence-electron chi connectivity index (χ1n) is 9.34. The van der Waals surface area contributed by atoms with Crippen molar-refractivity contribution in [3.63, 3.8) is 0 Å². The van der Waals surface area contributed by atoms with Gasteiger partial charge in [-0.25, -0.2) is 0 Å². The highest BCUT2D eigenvalue weighted by atomic mass is 35.5. The second-order valence-corrected chi connectivity index (χ2v) is 7.50. The minimum Gasteiger partial charge on any atom is -0.449 e. The van der Waals surface area contributed by atoms with Crippen molar-refractivity contribution in [2.24, 2.45) is 0 Å². The van der Waals surface area contributed by atoms with Gasteiger partial charge in [-0.2, -0.15) is 0 Å². The Morgan fingerprint density at radius 2 is 2.00 bits per heavy atom. The molecule has 4 rings (SSSR count). The maximum atomic E-state index is 12.6. The normalized spacial score (nSPS) is 14.1. The molecule has 0 unspecified atom stereocenters. The van der Waals surface area contributed by atoms with E-state index in [2.05, 4.69) is 5.32 Å². The first-order chi connectivity index (χ1) is 13.5. The van der Waals surface area contributed by atoms with Crippen LogP contribution in [0.4, 0.5) is 0 Å². The lowest BCUT2D eigenvalue weighted by Crippen LogP contribution is -2.24. The van der Waals surface area contributed by atoms with E-state index in [1.807, 2.05) is 48.2 Å². The van der Waals surface area contributed by atoms with E-state index in [0.717, 1.165) is 35.0 Å². The van der Waals surface area contributed by atoms with Crippen LogP contribution in [0.2, 0.25) is 5.02 Å². The Hall–Kier alpha value is -2.79. The summed E-state index contributed by atoms with van der Waals surface area (Å²) in [5.74, 6) is 0.213. The summed E-state index contributed by atoms with van der Waals surface area (Å²) in [6, 6.07) is 13.4. The van der Waals surface area contributed by atoms with E-state index in [1.165, 1.54) is 0 Å². The lowest BCUT2D eigenvalue weighted by atomic mass is 10.1. The monoisotopic (exact) mass is 396 g/mol. The highest BCUT2D eigenvalue weighted by Gasteiger charge is 2.21. The topological polar surface area (TPSA) is 62.6 Å². The van der Waals surface area contributed by atoms with Gasteiger partial charge in [-0.1, -0.05) is 48.0 Å². The summed E-state index contributed by atoms with van der Waals surface area (Å²) in [6.45, 7) is 3.66. The van der Waals surface area contributed by atoms with Crippen LogP contribution in [0, 0.1) is 6.92 Å². The number of amides is 2. The Morgan fingerprint density at radius 3 is 2.75 bits per heavy atom. The van der Waals surface area contributed by atoms with Crippen LogP contribution in [0.3, 0.4) is 0 Å². The first kappa shape index (κ1) is 18.6. The molecule has 1 aliphatic heterocycles. The number of furan rings is 1. The number of rotatable bonds is 5. The van der Waals surface area contributed by atoms with Crippen LogP contribution in [0.1, 0.15) is 40.1 Å². The summed E-state index contributed by atoms with van der Waals surface area (Å²) in [4.78, 5) is 26.3. The fraction of sp³-hybridized carbons (Fsp3) is 0.273. The summed E-state index contributed by atoms with van der Waals surface area (Å²) >= 11 is 6.16. The van der Waals surface area contributed by atoms with Gasteiger partial charge in [-0.3, -0.25) is 9.59 Å². The Labute approximate surface area is 168 Å². The minimum absolute atomic E-state index is 0.206. The molecule has 144 valence electrons. The molecule has 0 spiro atoms. The van der Waals surface area contributed by atoms with Crippen molar-refractivity contribution in [2.75, 3.05) is 6.54 Å². The molecular weight excluding hydrogens is 376 g/mol. The molecule has 3 aromatic rings. The largest absolute Gasteiger partial charge is 0.449 e. The number of para-hydroxylation sites is 1. The zero-order chi connectivity index (χ0) is 19.7. The maximum absolute atomic E-state index is 12.6. The Kier molecular flexibility index (Phi) is 5.09. The fourth-order valence-electron chi connectivity index (χ4n) is 3.62. The molecule has 2 heterocycles. The molecule has 2 amide bonds. The Morgan fingerprint density at radius 1 is 1.21 bits per heavy atom. The molecule has 1 saturated heterocycles. The number of fused-ring (bicyclic) bond motifs is 1. The van der Waals surface area contributed by atoms with Gasteiger partial charge >= 0.3 is 0 Å². The zero-order valence-corrected chi connectivity index (χ0v) is 16.4. The third kappa shape index (κ3) is 3.62. The van der Waals surface area contributed by atoms with Gasteiger partial charge in [0.05, 0.1) is 5.02 Å². The number of hydrogen-bond acceptors (Lipinski definition) is 3. The molecule has 0 radical (unpaired) electrons. The van der Waals surface area contributed by atoms with E-state index in [0.29, 0.717) is 30.1 Å². The lowest BCUT2D eigenvalue weighted by Gasteiger charge is -2.16. The number of carbonyl (C=O) groups is 2. The smallest absolute Gasteiger partial charge is 0.287 e. The third-order valence-corrected chi connectivity index (χ3v) is 5.41. The molecule has 0 aliphatic carbocycles. The van der Waals surface area contributed by atoms with Crippen LogP contribution >= 0.6 is 11.6 Å². The fourth-order valence-corrected chi connectivity index (χ4v) is 3.83. The van der Waals surface area contributed by atoms with Crippen molar-refractivity contribution in [3.8, 4) is 0 Å². The van der Waals surface area contributed by atoms with Gasteiger partial charge in [0.2, 0.25) is 5.91 Å². The highest BCUT2D eigenvalue weighted by Crippen LogP contribution is 2.30. The summed E-state index contributed by atoms with van der Waals surface area (Å²) in [7, 11) is 0. The molecule has 1 fully saturated rings. The molecule has 5 nitrogen and oxygen atoms in total. The summed E-state index contributed by atoms with van der Waals surface area (Å²) in [6.07, 6.45) is 1.56. The van der Waals surface area contributed by atoms with Crippen LogP contribution in [0.25, 0.3) is 11.0 Å². The van der Waals surface area contributed by atoms with Crippen LogP contribution < -0.4 is 5.32 Å². The summed E-state index contributed by atoms with van der Waals surface area (Å²) < 4.78 is 5.72. The average Bonchev–Trinajstić information content (AvgIpc) is 3.25. The van der Waals surface area contributed by atoms with Gasteiger partial charge in [0.25, 0.3) is 5.91 Å². The average molecular weight is 397 g/mol. The van der Waals surface area contributed by atoms with E-state index in [9.17, 15) is 9.59 Å². The Balaban J connectivity index is 1.45. The predicted octanol–water partition coefficient (Wildman–Crippen LogP) is 4.45. The number of nitrogens with zero attached hydrogens (tertiary/aromatic N) is 1. The van der Waals surface area contributed by atoms with Gasteiger partial charge in [0, 0.05) is 37.0 Å². The Bertz CT molecular complexity index is 1060. The molecule has 6 heteroatoms. The van der Waals surface area contributed by atoms with E-state index in [1.54, 1.807) is 6.07 Å². The van der Waals surface area contributed by atoms with Crippen molar-refractivity contribution in [1.29, 1.82) is 0 Å². The molecule has 0 atom stereocenters. The number of likely N-dealkylation sites (tertiary alicyclic amines) is 1. The van der Waals surface area contributed by atoms with Crippen molar-refractivity contribution >= 4 is 34.4 Å². The SMILES string of the molecule is Cc1c(C(=O)NCc2cccc(CN3CCCC3=O)c2)oc2c(Cl)cccc12. The number of hydrogen-bond donors (Lipinski definition) is 1. The van der Waals surface area contributed by atoms with Crippen LogP contribution in [0.5, 0.6) is 0 Å². The molecule has 1 N–H and O–H groups in total. The van der Waals surface area contributed by atoms with Gasteiger partial charge < -0.3 is 14.6 Å². The molecule has 0 saturated carbocycles. The minimum atomic E-state index is -0.273. The summed E-state index contributed by atoms with van der Waals surface area (Å²) in [5.41, 5.74) is 3.35. The number of nitrogens with one attached hydrogen (secondary N) is 1. The molecule has 0 bridgehead atoms. The molecular formula is C22H21ClN2O3. The highest BCUT2D eigenvalue weighted by molar-refractivity contribution is 6.35. The number of halogens is 1. The molecule has 28 heavy (non-hydrogen) atoms. The number of carbonyl (C=O) groups excluding carboxylic acids is 2. The second-order valence-electron chi connectivity index (χ2n) is 7.09. The zero-order valence-electron chi connectivity index (χ0n) is 15.6. The third-order valence-electron chi connectivity index (χ3n) is 5.11. The van der Waals surface area contributed by atoms with Crippen molar-refractivity contribution in [2.45, 2.75) is 32.9 Å². The van der Waals surface area contributed by atoms with Gasteiger partial charge in [-0.05, 0) is 30.5 Å². The lowest BCUT2D eigenvalue weighted by molar-refractivity contribution is -0.128. The number of aryl methyl sites for hydroxylation is 1.